The molecule has 0 fully saturated rings. The molecule has 14 heavy (non-hydrogen) atoms. The molecule has 0 aliphatic rings. The van der Waals surface area contributed by atoms with Crippen LogP contribution < -0.4 is 5.48 Å². The summed E-state index contributed by atoms with van der Waals surface area (Å²) in [7, 11) is 0. The van der Waals surface area contributed by atoms with Crippen LogP contribution in [0.15, 0.2) is 0 Å². The number of rotatable bonds is 3. The van der Waals surface area contributed by atoms with E-state index >= 15 is 0 Å². The van der Waals surface area contributed by atoms with Crippen LogP contribution in [-0.4, -0.2) is 28.2 Å². The van der Waals surface area contributed by atoms with Gasteiger partial charge in [-0.05, 0) is 6.92 Å². The molecular formula is C8H17F2NO3. The summed E-state index contributed by atoms with van der Waals surface area (Å²) in [6.07, 6.45) is -3.04. The van der Waals surface area contributed by atoms with Crippen LogP contribution >= 0.6 is 0 Å². The van der Waals surface area contributed by atoms with Crippen LogP contribution in [0.4, 0.5) is 8.78 Å². The minimum atomic E-state index is -3.04. The first kappa shape index (κ1) is 15.7. The quantitative estimate of drug-likeness (QED) is 0.487. The Bertz CT molecular complexity index is 174. The van der Waals surface area contributed by atoms with Gasteiger partial charge in [0.1, 0.15) is 5.60 Å². The molecule has 6 heteroatoms. The minimum Gasteiger partial charge on any atom is -0.383 e. The predicted molar refractivity (Wildman–Crippen MR) is 47.1 cm³/mol. The molecule has 0 radical (unpaired) electrons. The van der Waals surface area contributed by atoms with Crippen molar-refractivity contribution in [3.63, 3.8) is 0 Å². The van der Waals surface area contributed by atoms with Gasteiger partial charge in [0, 0.05) is 0 Å². The van der Waals surface area contributed by atoms with Crippen LogP contribution in [0, 0.1) is 5.92 Å². The van der Waals surface area contributed by atoms with E-state index in [0.29, 0.717) is 0 Å². The third-order valence-electron chi connectivity index (χ3n) is 1.82. The number of carbonyl (C=O) groups is 1. The van der Waals surface area contributed by atoms with E-state index in [1.807, 2.05) is 13.8 Å². The highest BCUT2D eigenvalue weighted by molar-refractivity contribution is 5.78. The Morgan fingerprint density at radius 2 is 1.79 bits per heavy atom. The number of carbonyl (C=O) groups excluding carboxylic acids is 1. The maximum atomic E-state index is 12.0. The monoisotopic (exact) mass is 213 g/mol. The van der Waals surface area contributed by atoms with Crippen LogP contribution in [0.2, 0.25) is 0 Å². The Morgan fingerprint density at radius 3 is 2.00 bits per heavy atom. The normalized spacial score (nSPS) is 16.4. The molecule has 0 rings (SSSR count). The summed E-state index contributed by atoms with van der Waals surface area (Å²) >= 11 is 0. The van der Waals surface area contributed by atoms with Crippen molar-refractivity contribution in [1.29, 1.82) is 0 Å². The smallest absolute Gasteiger partial charge is 0.267 e. The van der Waals surface area contributed by atoms with E-state index < -0.39 is 23.9 Å². The van der Waals surface area contributed by atoms with Gasteiger partial charge in [0.15, 0.2) is 0 Å². The van der Waals surface area contributed by atoms with Crippen LogP contribution in [0.3, 0.4) is 0 Å². The number of hydroxylamine groups is 1. The van der Waals surface area contributed by atoms with Crippen molar-refractivity contribution < 1.29 is 23.9 Å². The first-order chi connectivity index (χ1) is 6.34. The lowest BCUT2D eigenvalue weighted by molar-refractivity contribution is -0.156. The molecule has 0 heterocycles. The molecular weight excluding hydrogens is 196 g/mol. The van der Waals surface area contributed by atoms with Crippen LogP contribution in [-0.2, 0) is 4.79 Å². The molecule has 0 bridgehead atoms. The first-order valence-electron chi connectivity index (χ1n) is 4.28. The van der Waals surface area contributed by atoms with E-state index in [0.717, 1.165) is 13.8 Å². The summed E-state index contributed by atoms with van der Waals surface area (Å²) in [5.41, 5.74) is -1.23. The van der Waals surface area contributed by atoms with Gasteiger partial charge >= 0.3 is 0 Å². The second-order valence-corrected chi connectivity index (χ2v) is 2.72. The molecule has 0 aromatic rings. The molecule has 0 aromatic carbocycles. The highest BCUT2D eigenvalue weighted by atomic mass is 19.3. The average Bonchev–Trinajstić information content (AvgIpc) is 2.18. The van der Waals surface area contributed by atoms with E-state index in [1.54, 1.807) is 0 Å². The second-order valence-electron chi connectivity index (χ2n) is 2.72. The fraction of sp³-hybridized carbons (Fsp3) is 0.875. The summed E-state index contributed by atoms with van der Waals surface area (Å²) < 4.78 is 24.1. The van der Waals surface area contributed by atoms with Gasteiger partial charge in [-0.25, -0.2) is 14.3 Å². The van der Waals surface area contributed by atoms with Crippen molar-refractivity contribution in [3.8, 4) is 0 Å². The molecule has 4 nitrogen and oxygen atoms in total. The van der Waals surface area contributed by atoms with Gasteiger partial charge in [-0.2, -0.15) is 0 Å². The second kappa shape index (κ2) is 6.67. The zero-order valence-electron chi connectivity index (χ0n) is 8.71. The molecule has 0 aromatic heterocycles. The van der Waals surface area contributed by atoms with Crippen molar-refractivity contribution in [2.24, 2.45) is 5.92 Å². The third kappa shape index (κ3) is 3.97. The number of alkyl halides is 2. The first-order valence-corrected chi connectivity index (χ1v) is 4.28. The molecule has 2 atom stereocenters. The molecule has 0 spiro atoms. The maximum absolute atomic E-state index is 12.0. The SMILES string of the molecule is CC.CC(C(=O)NO)C(C)(O)C(F)F. The third-order valence-corrected chi connectivity index (χ3v) is 1.82. The van der Waals surface area contributed by atoms with Gasteiger partial charge in [0.25, 0.3) is 6.43 Å². The number of hydrogen-bond acceptors (Lipinski definition) is 3. The molecule has 86 valence electrons. The largest absolute Gasteiger partial charge is 0.383 e. The molecule has 0 aliphatic carbocycles. The lowest BCUT2D eigenvalue weighted by Gasteiger charge is -2.27. The Morgan fingerprint density at radius 1 is 1.43 bits per heavy atom. The van der Waals surface area contributed by atoms with Gasteiger partial charge in [-0.3, -0.25) is 10.0 Å². The molecule has 1 amide bonds. The summed E-state index contributed by atoms with van der Waals surface area (Å²) in [6.45, 7) is 5.93. The Hall–Kier alpha value is -0.750. The van der Waals surface area contributed by atoms with Gasteiger partial charge in [-0.1, -0.05) is 20.8 Å². The average molecular weight is 213 g/mol. The maximum Gasteiger partial charge on any atom is 0.267 e. The Balaban J connectivity index is 0. The molecule has 0 aliphatic heterocycles. The van der Waals surface area contributed by atoms with Crippen LogP contribution in [0.1, 0.15) is 27.7 Å². The summed E-state index contributed by atoms with van der Waals surface area (Å²) in [5.74, 6) is -2.41. The van der Waals surface area contributed by atoms with Crippen molar-refractivity contribution in [2.45, 2.75) is 39.7 Å². The molecule has 0 saturated heterocycles. The van der Waals surface area contributed by atoms with E-state index in [2.05, 4.69) is 0 Å². The zero-order chi connectivity index (χ0) is 11.9. The summed E-state index contributed by atoms with van der Waals surface area (Å²) in [5, 5.41) is 17.1. The number of aliphatic hydroxyl groups is 1. The van der Waals surface area contributed by atoms with Crippen molar-refractivity contribution in [2.75, 3.05) is 0 Å². The van der Waals surface area contributed by atoms with Crippen molar-refractivity contribution in [3.05, 3.63) is 0 Å². The summed E-state index contributed by atoms with van der Waals surface area (Å²) in [6, 6.07) is 0. The minimum absolute atomic E-state index is 0.831. The fourth-order valence-corrected chi connectivity index (χ4v) is 0.551. The number of hydrogen-bond donors (Lipinski definition) is 3. The number of amides is 1. The lowest BCUT2D eigenvalue weighted by Crippen LogP contribution is -2.47. The zero-order valence-corrected chi connectivity index (χ0v) is 8.71. The van der Waals surface area contributed by atoms with Gasteiger partial charge in [0.2, 0.25) is 5.91 Å². The van der Waals surface area contributed by atoms with Crippen molar-refractivity contribution >= 4 is 5.91 Å². The fourth-order valence-electron chi connectivity index (χ4n) is 0.551. The molecule has 2 unspecified atom stereocenters. The van der Waals surface area contributed by atoms with Gasteiger partial charge in [-0.15, -0.1) is 0 Å². The van der Waals surface area contributed by atoms with Crippen molar-refractivity contribution in [1.82, 2.24) is 5.48 Å². The lowest BCUT2D eigenvalue weighted by atomic mass is 9.91. The molecule has 0 saturated carbocycles. The van der Waals surface area contributed by atoms with Crippen LogP contribution in [0.5, 0.6) is 0 Å². The highest BCUT2D eigenvalue weighted by Crippen LogP contribution is 2.24. The standard InChI is InChI=1S/C6H11F2NO3.C2H6/c1-3(4(10)9-12)6(2,11)5(7)8;1-2/h3,5,11-12H,1-2H3,(H,9,10);1-2H3. The topological polar surface area (TPSA) is 69.6 Å². The predicted octanol–water partition coefficient (Wildman–Crippen LogP) is 1.17. The Kier molecular flexibility index (Phi) is 7.48. The van der Waals surface area contributed by atoms with E-state index in [1.165, 1.54) is 5.48 Å². The number of nitrogens with one attached hydrogen (secondary N) is 1. The Labute approximate surface area is 81.9 Å². The van der Waals surface area contributed by atoms with Gasteiger partial charge < -0.3 is 5.11 Å². The number of halogens is 2. The molecule has 3 N–H and O–H groups in total. The van der Waals surface area contributed by atoms with Crippen LogP contribution in [0.25, 0.3) is 0 Å². The highest BCUT2D eigenvalue weighted by Gasteiger charge is 2.41. The van der Waals surface area contributed by atoms with E-state index in [4.69, 9.17) is 10.3 Å². The summed E-state index contributed by atoms with van der Waals surface area (Å²) in [4.78, 5) is 10.6. The van der Waals surface area contributed by atoms with Gasteiger partial charge in [0.05, 0.1) is 5.92 Å². The van der Waals surface area contributed by atoms with E-state index in [9.17, 15) is 13.6 Å². The van der Waals surface area contributed by atoms with E-state index in [-0.39, 0.29) is 0 Å².